The summed E-state index contributed by atoms with van der Waals surface area (Å²) in [5, 5.41) is 2.69. The Balaban J connectivity index is 1.72. The molecule has 0 radical (unpaired) electrons. The lowest BCUT2D eigenvalue weighted by Gasteiger charge is -2.14. The average molecular weight is 418 g/mol. The van der Waals surface area contributed by atoms with Crippen LogP contribution < -0.4 is 10.9 Å². The van der Waals surface area contributed by atoms with Gasteiger partial charge >= 0.3 is 5.97 Å². The second kappa shape index (κ2) is 10.9. The van der Waals surface area contributed by atoms with E-state index in [2.05, 4.69) is 5.32 Å². The SMILES string of the molecule is COC(=O)Cn1c(Cc2ccccc2)ccc(NC(=O)CCCc2ccccc2)c1=O. The number of esters is 1. The Kier molecular flexibility index (Phi) is 7.76. The van der Waals surface area contributed by atoms with Crippen molar-refractivity contribution in [2.75, 3.05) is 12.4 Å². The summed E-state index contributed by atoms with van der Waals surface area (Å²) in [6.07, 6.45) is 2.25. The van der Waals surface area contributed by atoms with Gasteiger partial charge in [-0.1, -0.05) is 60.7 Å². The summed E-state index contributed by atoms with van der Waals surface area (Å²) >= 11 is 0. The first-order valence-electron chi connectivity index (χ1n) is 10.2. The predicted molar refractivity (Wildman–Crippen MR) is 120 cm³/mol. The molecule has 0 unspecified atom stereocenters. The second-order valence-electron chi connectivity index (χ2n) is 7.26. The number of ether oxygens (including phenoxy) is 1. The van der Waals surface area contributed by atoms with E-state index in [1.54, 1.807) is 12.1 Å². The van der Waals surface area contributed by atoms with Gasteiger partial charge in [-0.2, -0.15) is 0 Å². The molecule has 6 heteroatoms. The molecule has 0 aliphatic heterocycles. The van der Waals surface area contributed by atoms with Crippen molar-refractivity contribution in [2.45, 2.75) is 32.2 Å². The van der Waals surface area contributed by atoms with Gasteiger partial charge in [0.1, 0.15) is 12.2 Å². The lowest BCUT2D eigenvalue weighted by molar-refractivity contribution is -0.141. The molecular weight excluding hydrogens is 392 g/mol. The maximum absolute atomic E-state index is 13.0. The summed E-state index contributed by atoms with van der Waals surface area (Å²) in [5.41, 5.74) is 2.59. The van der Waals surface area contributed by atoms with E-state index < -0.39 is 11.5 Å². The van der Waals surface area contributed by atoms with Gasteiger partial charge in [0.15, 0.2) is 0 Å². The number of nitrogens with zero attached hydrogens (tertiary/aromatic N) is 1. The Morgan fingerprint density at radius 3 is 2.19 bits per heavy atom. The standard InChI is InChI=1S/C25H26N2O4/c1-31-24(29)18-27-21(17-20-11-6-3-7-12-20)15-16-22(25(27)30)26-23(28)14-8-13-19-9-4-2-5-10-19/h2-7,9-12,15-16H,8,13-14,17-18H2,1H3,(H,26,28). The van der Waals surface area contributed by atoms with Crippen LogP contribution in [0.5, 0.6) is 0 Å². The zero-order chi connectivity index (χ0) is 22.1. The first-order chi connectivity index (χ1) is 15.1. The largest absolute Gasteiger partial charge is 0.468 e. The summed E-state index contributed by atoms with van der Waals surface area (Å²) in [4.78, 5) is 37.3. The van der Waals surface area contributed by atoms with Gasteiger partial charge in [-0.05, 0) is 36.1 Å². The Hall–Kier alpha value is -3.67. The summed E-state index contributed by atoms with van der Waals surface area (Å²) in [5.74, 6) is -0.754. The van der Waals surface area contributed by atoms with Crippen LogP contribution in [-0.4, -0.2) is 23.6 Å². The van der Waals surface area contributed by atoms with Gasteiger partial charge in [-0.15, -0.1) is 0 Å². The van der Waals surface area contributed by atoms with E-state index >= 15 is 0 Å². The van der Waals surface area contributed by atoms with Crippen LogP contribution in [0.15, 0.2) is 77.6 Å². The number of hydrogen-bond donors (Lipinski definition) is 1. The van der Waals surface area contributed by atoms with Crippen molar-refractivity contribution in [1.29, 1.82) is 0 Å². The summed E-state index contributed by atoms with van der Waals surface area (Å²) < 4.78 is 6.10. The summed E-state index contributed by atoms with van der Waals surface area (Å²) in [6, 6.07) is 23.0. The molecule has 160 valence electrons. The van der Waals surface area contributed by atoms with Gasteiger partial charge in [0, 0.05) is 18.5 Å². The molecule has 0 fully saturated rings. The van der Waals surface area contributed by atoms with E-state index in [1.807, 2.05) is 60.7 Å². The average Bonchev–Trinajstić information content (AvgIpc) is 2.79. The highest BCUT2D eigenvalue weighted by molar-refractivity contribution is 5.90. The Bertz CT molecular complexity index is 1080. The number of carbonyl (C=O) groups excluding carboxylic acids is 2. The van der Waals surface area contributed by atoms with Gasteiger partial charge in [0.2, 0.25) is 5.91 Å². The molecule has 1 heterocycles. The molecule has 1 aromatic heterocycles. The maximum Gasteiger partial charge on any atom is 0.325 e. The maximum atomic E-state index is 13.0. The Morgan fingerprint density at radius 2 is 1.55 bits per heavy atom. The molecule has 31 heavy (non-hydrogen) atoms. The minimum atomic E-state index is -0.525. The molecule has 1 amide bonds. The molecule has 6 nitrogen and oxygen atoms in total. The van der Waals surface area contributed by atoms with Crippen molar-refractivity contribution >= 4 is 17.6 Å². The second-order valence-corrected chi connectivity index (χ2v) is 7.26. The fraction of sp³-hybridized carbons (Fsp3) is 0.240. The van der Waals surface area contributed by atoms with Crippen LogP contribution in [0.3, 0.4) is 0 Å². The highest BCUT2D eigenvalue weighted by atomic mass is 16.5. The van der Waals surface area contributed by atoms with Crippen LogP contribution in [0.4, 0.5) is 5.69 Å². The van der Waals surface area contributed by atoms with E-state index in [9.17, 15) is 14.4 Å². The molecule has 0 spiro atoms. The lowest BCUT2D eigenvalue weighted by Crippen LogP contribution is -2.31. The Labute approximate surface area is 181 Å². The molecule has 0 saturated heterocycles. The normalized spacial score (nSPS) is 10.5. The van der Waals surface area contributed by atoms with Gasteiger partial charge < -0.3 is 10.1 Å². The zero-order valence-corrected chi connectivity index (χ0v) is 17.5. The van der Waals surface area contributed by atoms with E-state index in [4.69, 9.17) is 4.74 Å². The van der Waals surface area contributed by atoms with Crippen LogP contribution in [0.25, 0.3) is 0 Å². The number of pyridine rings is 1. The predicted octanol–water partition coefficient (Wildman–Crippen LogP) is 3.57. The van der Waals surface area contributed by atoms with Crippen LogP contribution in [0.1, 0.15) is 29.7 Å². The van der Waals surface area contributed by atoms with Crippen molar-refractivity contribution in [3.05, 3.63) is 100.0 Å². The third kappa shape index (κ3) is 6.40. The van der Waals surface area contributed by atoms with Gasteiger partial charge in [0.05, 0.1) is 7.11 Å². The third-order valence-corrected chi connectivity index (χ3v) is 4.99. The molecule has 0 aliphatic rings. The minimum Gasteiger partial charge on any atom is -0.468 e. The highest BCUT2D eigenvalue weighted by Gasteiger charge is 2.15. The number of methoxy groups -OCH3 is 1. The number of carbonyl (C=O) groups is 2. The molecule has 3 rings (SSSR count). The van der Waals surface area contributed by atoms with Crippen molar-refractivity contribution in [1.82, 2.24) is 4.57 Å². The van der Waals surface area contributed by atoms with Crippen molar-refractivity contribution in [3.8, 4) is 0 Å². The van der Waals surface area contributed by atoms with Gasteiger partial charge in [-0.3, -0.25) is 19.0 Å². The van der Waals surface area contributed by atoms with Crippen LogP contribution in [0.2, 0.25) is 0 Å². The number of aromatic nitrogens is 1. The molecule has 0 atom stereocenters. The third-order valence-electron chi connectivity index (χ3n) is 4.99. The zero-order valence-electron chi connectivity index (χ0n) is 17.5. The summed E-state index contributed by atoms with van der Waals surface area (Å²) in [7, 11) is 1.28. The van der Waals surface area contributed by atoms with E-state index in [1.165, 1.54) is 17.2 Å². The fourth-order valence-corrected chi connectivity index (χ4v) is 3.35. The number of rotatable bonds is 9. The van der Waals surface area contributed by atoms with E-state index in [-0.39, 0.29) is 18.1 Å². The molecule has 0 aliphatic carbocycles. The molecule has 0 saturated carbocycles. The number of nitrogens with one attached hydrogen (secondary N) is 1. The van der Waals surface area contributed by atoms with Gasteiger partial charge in [0.25, 0.3) is 5.56 Å². The molecular formula is C25H26N2O4. The van der Waals surface area contributed by atoms with Crippen LogP contribution in [0, 0.1) is 0 Å². The number of anilines is 1. The van der Waals surface area contributed by atoms with Crippen LogP contribution in [-0.2, 0) is 33.7 Å². The van der Waals surface area contributed by atoms with Gasteiger partial charge in [-0.25, -0.2) is 0 Å². The van der Waals surface area contributed by atoms with Crippen molar-refractivity contribution in [2.24, 2.45) is 0 Å². The van der Waals surface area contributed by atoms with Crippen molar-refractivity contribution < 1.29 is 14.3 Å². The summed E-state index contributed by atoms with van der Waals surface area (Å²) in [6.45, 7) is -0.213. The monoisotopic (exact) mass is 418 g/mol. The lowest BCUT2D eigenvalue weighted by atomic mass is 10.1. The smallest absolute Gasteiger partial charge is 0.325 e. The Morgan fingerprint density at radius 1 is 0.903 bits per heavy atom. The molecule has 0 bridgehead atoms. The topological polar surface area (TPSA) is 77.4 Å². The highest BCUT2D eigenvalue weighted by Crippen LogP contribution is 2.12. The number of hydrogen-bond acceptors (Lipinski definition) is 4. The molecule has 3 aromatic rings. The first-order valence-corrected chi connectivity index (χ1v) is 10.2. The minimum absolute atomic E-state index is 0.158. The number of aryl methyl sites for hydroxylation is 1. The molecule has 2 aromatic carbocycles. The van der Waals surface area contributed by atoms with E-state index in [0.717, 1.165) is 12.0 Å². The number of benzene rings is 2. The van der Waals surface area contributed by atoms with Crippen LogP contribution >= 0.6 is 0 Å². The quantitative estimate of drug-likeness (QED) is 0.539. The van der Waals surface area contributed by atoms with E-state index in [0.29, 0.717) is 25.0 Å². The first kappa shape index (κ1) is 22.0. The molecule has 1 N–H and O–H groups in total. The fourth-order valence-electron chi connectivity index (χ4n) is 3.35. The number of amides is 1. The van der Waals surface area contributed by atoms with Crippen molar-refractivity contribution in [3.63, 3.8) is 0 Å².